The van der Waals surface area contributed by atoms with Crippen molar-refractivity contribution in [2.75, 3.05) is 19.4 Å². The minimum absolute atomic E-state index is 0.0299. The Hall–Kier alpha value is -2.10. The first-order chi connectivity index (χ1) is 10.1. The van der Waals surface area contributed by atoms with E-state index in [1.54, 1.807) is 6.20 Å². The quantitative estimate of drug-likeness (QED) is 0.914. The number of amides is 1. The molecule has 0 aliphatic heterocycles. The fraction of sp³-hybridized carbons (Fsp3) is 0.412. The summed E-state index contributed by atoms with van der Waals surface area (Å²) in [6, 6.07) is 8.10. The van der Waals surface area contributed by atoms with Crippen LogP contribution >= 0.6 is 0 Å². The molecule has 2 aromatic rings. The molecule has 4 heteroatoms. The van der Waals surface area contributed by atoms with Crippen LogP contribution in [0.25, 0.3) is 10.8 Å². The molecule has 1 unspecified atom stereocenters. The molecule has 0 bridgehead atoms. The standard InChI is InChI=1S/C17H23N3O/c1-5-8-12(2)20(4)17(21)15-11-19-16(18-3)14-10-7-6-9-13(14)15/h6-7,9-12H,5,8H2,1-4H3,(H,18,19). The van der Waals surface area contributed by atoms with E-state index in [0.717, 1.165) is 29.4 Å². The molecular weight excluding hydrogens is 262 g/mol. The van der Waals surface area contributed by atoms with Gasteiger partial charge < -0.3 is 10.2 Å². The Balaban J connectivity index is 2.45. The summed E-state index contributed by atoms with van der Waals surface area (Å²) in [6.07, 6.45) is 3.74. The lowest BCUT2D eigenvalue weighted by Crippen LogP contribution is -2.35. The molecule has 1 amide bonds. The summed E-state index contributed by atoms with van der Waals surface area (Å²) in [5.41, 5.74) is 0.662. The summed E-state index contributed by atoms with van der Waals surface area (Å²) < 4.78 is 0. The lowest BCUT2D eigenvalue weighted by atomic mass is 10.0. The van der Waals surface area contributed by atoms with Crippen molar-refractivity contribution < 1.29 is 4.79 Å². The minimum Gasteiger partial charge on any atom is -0.373 e. The van der Waals surface area contributed by atoms with Gasteiger partial charge in [-0.15, -0.1) is 0 Å². The average Bonchev–Trinajstić information content (AvgIpc) is 2.52. The zero-order chi connectivity index (χ0) is 15.4. The molecule has 2 rings (SSSR count). The van der Waals surface area contributed by atoms with Crippen molar-refractivity contribution in [3.8, 4) is 0 Å². The number of fused-ring (bicyclic) bond motifs is 1. The number of aromatic nitrogens is 1. The van der Waals surface area contributed by atoms with Gasteiger partial charge in [-0.3, -0.25) is 4.79 Å². The molecule has 1 aromatic heterocycles. The van der Waals surface area contributed by atoms with E-state index in [4.69, 9.17) is 0 Å². The molecule has 0 radical (unpaired) electrons. The Kier molecular flexibility index (Phi) is 4.78. The predicted octanol–water partition coefficient (Wildman–Crippen LogP) is 3.54. The molecule has 0 aliphatic carbocycles. The third kappa shape index (κ3) is 2.99. The van der Waals surface area contributed by atoms with E-state index in [-0.39, 0.29) is 11.9 Å². The lowest BCUT2D eigenvalue weighted by molar-refractivity contribution is 0.0738. The van der Waals surface area contributed by atoms with E-state index in [0.29, 0.717) is 5.56 Å². The van der Waals surface area contributed by atoms with Crippen LogP contribution in [0, 0.1) is 0 Å². The molecule has 1 aromatic carbocycles. The monoisotopic (exact) mass is 285 g/mol. The number of nitrogens with zero attached hydrogens (tertiary/aromatic N) is 2. The van der Waals surface area contributed by atoms with Crippen LogP contribution < -0.4 is 5.32 Å². The zero-order valence-electron chi connectivity index (χ0n) is 13.2. The second kappa shape index (κ2) is 6.57. The number of pyridine rings is 1. The van der Waals surface area contributed by atoms with Crippen molar-refractivity contribution in [3.63, 3.8) is 0 Å². The van der Waals surface area contributed by atoms with Crippen LogP contribution in [0.4, 0.5) is 5.82 Å². The molecule has 0 aliphatic rings. The highest BCUT2D eigenvalue weighted by Crippen LogP contribution is 2.25. The maximum Gasteiger partial charge on any atom is 0.256 e. The van der Waals surface area contributed by atoms with Gasteiger partial charge in [0.15, 0.2) is 0 Å². The number of hydrogen-bond acceptors (Lipinski definition) is 3. The predicted molar refractivity (Wildman–Crippen MR) is 87.8 cm³/mol. The van der Waals surface area contributed by atoms with Crippen LogP contribution in [0.3, 0.4) is 0 Å². The van der Waals surface area contributed by atoms with E-state index >= 15 is 0 Å². The first kappa shape index (κ1) is 15.3. The average molecular weight is 285 g/mol. The summed E-state index contributed by atoms with van der Waals surface area (Å²) in [5, 5.41) is 4.99. The van der Waals surface area contributed by atoms with Gasteiger partial charge in [-0.2, -0.15) is 0 Å². The summed E-state index contributed by atoms with van der Waals surface area (Å²) in [7, 11) is 3.70. The molecule has 1 N–H and O–H groups in total. The lowest BCUT2D eigenvalue weighted by Gasteiger charge is -2.25. The van der Waals surface area contributed by atoms with E-state index < -0.39 is 0 Å². The Bertz CT molecular complexity index is 639. The van der Waals surface area contributed by atoms with E-state index in [1.165, 1.54) is 0 Å². The number of rotatable bonds is 5. The molecule has 1 heterocycles. The highest BCUT2D eigenvalue weighted by Gasteiger charge is 2.20. The first-order valence-corrected chi connectivity index (χ1v) is 7.42. The van der Waals surface area contributed by atoms with Crippen molar-refractivity contribution in [2.24, 2.45) is 0 Å². The van der Waals surface area contributed by atoms with Crippen LogP contribution in [0.2, 0.25) is 0 Å². The minimum atomic E-state index is 0.0299. The fourth-order valence-corrected chi connectivity index (χ4v) is 2.56. The summed E-state index contributed by atoms with van der Waals surface area (Å²) in [4.78, 5) is 18.9. The second-order valence-corrected chi connectivity index (χ2v) is 5.37. The SMILES string of the molecule is CCCC(C)N(C)C(=O)c1cnc(NC)c2ccccc12. The number of hydrogen-bond donors (Lipinski definition) is 1. The van der Waals surface area contributed by atoms with Gasteiger partial charge >= 0.3 is 0 Å². The molecule has 0 fully saturated rings. The van der Waals surface area contributed by atoms with E-state index in [2.05, 4.69) is 24.1 Å². The van der Waals surface area contributed by atoms with Gasteiger partial charge in [-0.05, 0) is 18.7 Å². The van der Waals surface area contributed by atoms with Gasteiger partial charge in [0.25, 0.3) is 5.91 Å². The first-order valence-electron chi connectivity index (χ1n) is 7.42. The van der Waals surface area contributed by atoms with Crippen LogP contribution in [-0.2, 0) is 0 Å². The van der Waals surface area contributed by atoms with Gasteiger partial charge in [-0.25, -0.2) is 4.98 Å². The van der Waals surface area contributed by atoms with Gasteiger partial charge in [0.05, 0.1) is 5.56 Å². The second-order valence-electron chi connectivity index (χ2n) is 5.37. The number of anilines is 1. The van der Waals surface area contributed by atoms with Gasteiger partial charge in [-0.1, -0.05) is 37.6 Å². The fourth-order valence-electron chi connectivity index (χ4n) is 2.56. The number of carbonyl (C=O) groups excluding carboxylic acids is 1. The van der Waals surface area contributed by atoms with Crippen molar-refractivity contribution in [1.29, 1.82) is 0 Å². The number of carbonyl (C=O) groups is 1. The largest absolute Gasteiger partial charge is 0.373 e. The smallest absolute Gasteiger partial charge is 0.256 e. The van der Waals surface area contributed by atoms with E-state index in [9.17, 15) is 4.79 Å². The molecule has 4 nitrogen and oxygen atoms in total. The van der Waals surface area contributed by atoms with Crippen LogP contribution in [0.15, 0.2) is 30.5 Å². The Labute approximate surface area is 126 Å². The molecule has 0 spiro atoms. The van der Waals surface area contributed by atoms with E-state index in [1.807, 2.05) is 43.3 Å². The maximum absolute atomic E-state index is 12.7. The Morgan fingerprint density at radius 3 is 2.62 bits per heavy atom. The van der Waals surface area contributed by atoms with Gasteiger partial charge in [0.2, 0.25) is 0 Å². The molecule has 21 heavy (non-hydrogen) atoms. The number of nitrogens with one attached hydrogen (secondary N) is 1. The summed E-state index contributed by atoms with van der Waals surface area (Å²) in [5.74, 6) is 0.828. The van der Waals surface area contributed by atoms with Crippen molar-refractivity contribution in [1.82, 2.24) is 9.88 Å². The van der Waals surface area contributed by atoms with Gasteiger partial charge in [0.1, 0.15) is 5.82 Å². The molecule has 1 atom stereocenters. The molecule has 0 saturated carbocycles. The molecular formula is C17H23N3O. The molecule has 0 saturated heterocycles. The highest BCUT2D eigenvalue weighted by molar-refractivity contribution is 6.09. The van der Waals surface area contributed by atoms with Crippen LogP contribution in [0.5, 0.6) is 0 Å². The summed E-state index contributed by atoms with van der Waals surface area (Å²) in [6.45, 7) is 4.21. The topological polar surface area (TPSA) is 45.2 Å². The summed E-state index contributed by atoms with van der Waals surface area (Å²) >= 11 is 0. The van der Waals surface area contributed by atoms with Crippen molar-refractivity contribution >= 4 is 22.5 Å². The Morgan fingerprint density at radius 2 is 2.00 bits per heavy atom. The van der Waals surface area contributed by atoms with Crippen molar-refractivity contribution in [3.05, 3.63) is 36.0 Å². The van der Waals surface area contributed by atoms with Crippen molar-refractivity contribution in [2.45, 2.75) is 32.7 Å². The molecule has 112 valence electrons. The third-order valence-corrected chi connectivity index (χ3v) is 3.95. The van der Waals surface area contributed by atoms with Gasteiger partial charge in [0, 0.05) is 31.7 Å². The zero-order valence-corrected chi connectivity index (χ0v) is 13.2. The third-order valence-electron chi connectivity index (χ3n) is 3.95. The Morgan fingerprint density at radius 1 is 1.33 bits per heavy atom. The van der Waals surface area contributed by atoms with Crippen LogP contribution in [0.1, 0.15) is 37.0 Å². The highest BCUT2D eigenvalue weighted by atomic mass is 16.2. The van der Waals surface area contributed by atoms with Crippen LogP contribution in [-0.4, -0.2) is 35.9 Å². The normalized spacial score (nSPS) is 12.2. The maximum atomic E-state index is 12.7. The number of benzene rings is 1.